The van der Waals surface area contributed by atoms with Crippen LogP contribution in [-0.4, -0.2) is 33.0 Å². The lowest BCUT2D eigenvalue weighted by atomic mass is 9.89. The third-order valence-electron chi connectivity index (χ3n) is 5.10. The van der Waals surface area contributed by atoms with Crippen molar-refractivity contribution in [3.8, 4) is 0 Å². The molecule has 0 spiro atoms. The molecule has 0 aliphatic carbocycles. The maximum atomic E-state index is 12.2. The summed E-state index contributed by atoms with van der Waals surface area (Å²) in [4.78, 5) is 12.4. The summed E-state index contributed by atoms with van der Waals surface area (Å²) >= 11 is 0. The highest BCUT2D eigenvalue weighted by atomic mass is 32.2. The van der Waals surface area contributed by atoms with Gasteiger partial charge in [-0.05, 0) is 49.3 Å². The quantitative estimate of drug-likeness (QED) is 0.684. The number of carbonyl (C=O) groups is 1. The number of nitrogens with one attached hydrogen (secondary N) is 3. The molecular formula is C18H27N3O3S. The van der Waals surface area contributed by atoms with Gasteiger partial charge in [0.05, 0.1) is 4.90 Å². The van der Waals surface area contributed by atoms with Crippen LogP contribution in [0.15, 0.2) is 29.2 Å². The molecule has 2 aliphatic heterocycles. The summed E-state index contributed by atoms with van der Waals surface area (Å²) in [5.41, 5.74) is 0.897. The molecule has 2 aliphatic rings. The maximum Gasteiger partial charge on any atom is 0.240 e. The van der Waals surface area contributed by atoms with E-state index >= 15 is 0 Å². The SMILES string of the molecule is CCNS(=O)(=O)c1ccc(CNC(=O)CC2CC3CCC(C2)N3)cc1. The lowest BCUT2D eigenvalue weighted by molar-refractivity contribution is -0.122. The van der Waals surface area contributed by atoms with E-state index in [0.29, 0.717) is 37.5 Å². The van der Waals surface area contributed by atoms with E-state index in [0.717, 1.165) is 18.4 Å². The van der Waals surface area contributed by atoms with Gasteiger partial charge in [-0.2, -0.15) is 0 Å². The molecule has 6 nitrogen and oxygen atoms in total. The smallest absolute Gasteiger partial charge is 0.240 e. The first kappa shape index (κ1) is 18.4. The van der Waals surface area contributed by atoms with Crippen molar-refractivity contribution < 1.29 is 13.2 Å². The third kappa shape index (κ3) is 4.80. The standard InChI is InChI=1S/C18H27N3O3S/c1-2-20-25(23,24)17-7-3-13(4-8-17)12-19-18(22)11-14-9-15-5-6-16(10-14)21-15/h3-4,7-8,14-16,20-21H,2,5-6,9-12H2,1H3,(H,19,22). The first-order valence-electron chi connectivity index (χ1n) is 9.07. The molecule has 3 N–H and O–H groups in total. The maximum absolute atomic E-state index is 12.2. The van der Waals surface area contributed by atoms with Crippen LogP contribution < -0.4 is 15.4 Å². The van der Waals surface area contributed by atoms with Crippen LogP contribution in [0.1, 0.15) is 44.6 Å². The highest BCUT2D eigenvalue weighted by Gasteiger charge is 2.34. The second-order valence-electron chi connectivity index (χ2n) is 7.10. The molecule has 1 aromatic carbocycles. The minimum Gasteiger partial charge on any atom is -0.352 e. The number of amides is 1. The Morgan fingerprint density at radius 3 is 2.40 bits per heavy atom. The minimum atomic E-state index is -3.43. The molecule has 2 bridgehead atoms. The van der Waals surface area contributed by atoms with E-state index < -0.39 is 10.0 Å². The highest BCUT2D eigenvalue weighted by molar-refractivity contribution is 7.89. The summed E-state index contributed by atoms with van der Waals surface area (Å²) < 4.78 is 26.3. The average Bonchev–Trinajstić information content (AvgIpc) is 2.92. The molecule has 138 valence electrons. The Morgan fingerprint density at radius 2 is 1.80 bits per heavy atom. The number of hydrogen-bond donors (Lipinski definition) is 3. The van der Waals surface area contributed by atoms with Gasteiger partial charge in [0.2, 0.25) is 15.9 Å². The molecule has 1 amide bonds. The van der Waals surface area contributed by atoms with Crippen molar-refractivity contribution in [1.29, 1.82) is 0 Å². The van der Waals surface area contributed by atoms with Gasteiger partial charge in [0.15, 0.2) is 0 Å². The van der Waals surface area contributed by atoms with Crippen molar-refractivity contribution in [3.63, 3.8) is 0 Å². The summed E-state index contributed by atoms with van der Waals surface area (Å²) in [7, 11) is -3.43. The van der Waals surface area contributed by atoms with Crippen molar-refractivity contribution in [2.45, 2.75) is 62.6 Å². The van der Waals surface area contributed by atoms with Crippen LogP contribution in [0.5, 0.6) is 0 Å². The van der Waals surface area contributed by atoms with E-state index in [9.17, 15) is 13.2 Å². The molecule has 2 atom stereocenters. The van der Waals surface area contributed by atoms with Crippen LogP contribution in [0.3, 0.4) is 0 Å². The lowest BCUT2D eigenvalue weighted by Gasteiger charge is -2.28. The molecule has 3 rings (SSSR count). The van der Waals surface area contributed by atoms with Gasteiger partial charge in [0, 0.05) is 31.6 Å². The molecule has 0 aromatic heterocycles. The van der Waals surface area contributed by atoms with Crippen molar-refractivity contribution in [1.82, 2.24) is 15.4 Å². The summed E-state index contributed by atoms with van der Waals surface area (Å²) in [6.45, 7) is 2.53. The molecular weight excluding hydrogens is 338 g/mol. The van der Waals surface area contributed by atoms with Gasteiger partial charge in [0.1, 0.15) is 0 Å². The normalized spacial score (nSPS) is 25.7. The fraction of sp³-hybridized carbons (Fsp3) is 0.611. The first-order valence-corrected chi connectivity index (χ1v) is 10.6. The van der Waals surface area contributed by atoms with Crippen LogP contribution in [-0.2, 0) is 21.4 Å². The Labute approximate surface area is 149 Å². The van der Waals surface area contributed by atoms with Crippen molar-refractivity contribution in [2.24, 2.45) is 5.92 Å². The number of piperidine rings is 1. The van der Waals surface area contributed by atoms with Crippen LogP contribution in [0.2, 0.25) is 0 Å². The molecule has 7 heteroatoms. The Balaban J connectivity index is 1.47. The minimum absolute atomic E-state index is 0.0793. The predicted molar refractivity (Wildman–Crippen MR) is 96.4 cm³/mol. The average molecular weight is 365 g/mol. The fourth-order valence-corrected chi connectivity index (χ4v) is 4.98. The van der Waals surface area contributed by atoms with Gasteiger partial charge in [-0.15, -0.1) is 0 Å². The van der Waals surface area contributed by atoms with Crippen LogP contribution in [0.4, 0.5) is 0 Å². The number of hydrogen-bond acceptors (Lipinski definition) is 4. The zero-order valence-corrected chi connectivity index (χ0v) is 15.4. The van der Waals surface area contributed by atoms with Gasteiger partial charge >= 0.3 is 0 Å². The molecule has 2 saturated heterocycles. The van der Waals surface area contributed by atoms with Crippen LogP contribution in [0, 0.1) is 5.92 Å². The summed E-state index contributed by atoms with van der Waals surface area (Å²) in [5, 5.41) is 6.55. The molecule has 2 unspecified atom stereocenters. The van der Waals surface area contributed by atoms with E-state index in [-0.39, 0.29) is 10.8 Å². The van der Waals surface area contributed by atoms with Crippen molar-refractivity contribution in [2.75, 3.05) is 6.54 Å². The molecule has 25 heavy (non-hydrogen) atoms. The van der Waals surface area contributed by atoms with E-state index in [2.05, 4.69) is 15.4 Å². The van der Waals surface area contributed by atoms with Gasteiger partial charge in [-0.1, -0.05) is 19.1 Å². The monoisotopic (exact) mass is 365 g/mol. The Hall–Kier alpha value is -1.44. The molecule has 2 fully saturated rings. The zero-order chi connectivity index (χ0) is 17.9. The largest absolute Gasteiger partial charge is 0.352 e. The second-order valence-corrected chi connectivity index (χ2v) is 8.87. The number of rotatable bonds is 7. The number of carbonyl (C=O) groups excluding carboxylic acids is 1. The summed E-state index contributed by atoms with van der Waals surface area (Å²) in [6.07, 6.45) is 5.26. The molecule has 0 saturated carbocycles. The predicted octanol–water partition coefficient (Wildman–Crippen LogP) is 1.52. The van der Waals surface area contributed by atoms with Gasteiger partial charge in [-0.3, -0.25) is 4.79 Å². The zero-order valence-electron chi connectivity index (χ0n) is 14.6. The van der Waals surface area contributed by atoms with E-state index in [1.54, 1.807) is 31.2 Å². The van der Waals surface area contributed by atoms with Gasteiger partial charge < -0.3 is 10.6 Å². The van der Waals surface area contributed by atoms with Gasteiger partial charge in [-0.25, -0.2) is 13.1 Å². The van der Waals surface area contributed by atoms with Crippen molar-refractivity contribution in [3.05, 3.63) is 29.8 Å². The van der Waals surface area contributed by atoms with Crippen molar-refractivity contribution >= 4 is 15.9 Å². The summed E-state index contributed by atoms with van der Waals surface area (Å²) in [6, 6.07) is 7.84. The molecule has 1 aromatic rings. The Kier molecular flexibility index (Phi) is 5.76. The lowest BCUT2D eigenvalue weighted by Crippen LogP contribution is -2.39. The Morgan fingerprint density at radius 1 is 1.16 bits per heavy atom. The van der Waals surface area contributed by atoms with E-state index in [1.807, 2.05) is 0 Å². The molecule has 2 heterocycles. The topological polar surface area (TPSA) is 87.3 Å². The number of fused-ring (bicyclic) bond motifs is 2. The number of sulfonamides is 1. The molecule has 0 radical (unpaired) electrons. The van der Waals surface area contributed by atoms with E-state index in [1.165, 1.54) is 12.8 Å². The highest BCUT2D eigenvalue weighted by Crippen LogP contribution is 2.32. The summed E-state index contributed by atoms with van der Waals surface area (Å²) in [5.74, 6) is 0.557. The second kappa shape index (κ2) is 7.85. The van der Waals surface area contributed by atoms with Crippen LogP contribution >= 0.6 is 0 Å². The van der Waals surface area contributed by atoms with Crippen LogP contribution in [0.25, 0.3) is 0 Å². The third-order valence-corrected chi connectivity index (χ3v) is 6.66. The first-order chi connectivity index (χ1) is 12.0. The number of benzene rings is 1. The van der Waals surface area contributed by atoms with Gasteiger partial charge in [0.25, 0.3) is 0 Å². The fourth-order valence-electron chi connectivity index (χ4n) is 3.94. The van der Waals surface area contributed by atoms with E-state index in [4.69, 9.17) is 0 Å². The Bertz CT molecular complexity index is 691.